The van der Waals surface area contributed by atoms with Gasteiger partial charge in [0.2, 0.25) is 5.88 Å². The molecule has 1 aliphatic rings. The van der Waals surface area contributed by atoms with Gasteiger partial charge in [0.25, 0.3) is 0 Å². The van der Waals surface area contributed by atoms with Crippen molar-refractivity contribution < 1.29 is 9.53 Å². The Bertz CT molecular complexity index is 603. The smallest absolute Gasteiger partial charge is 0.333 e. The van der Waals surface area contributed by atoms with Gasteiger partial charge in [0, 0.05) is 12.4 Å². The Morgan fingerprint density at radius 3 is 2.85 bits per heavy atom. The number of aromatic nitrogens is 2. The number of rotatable bonds is 4. The van der Waals surface area contributed by atoms with Crippen LogP contribution < -0.4 is 10.5 Å². The predicted molar refractivity (Wildman–Crippen MR) is 72.8 cm³/mol. The first-order chi connectivity index (χ1) is 9.68. The highest BCUT2D eigenvalue weighted by Gasteiger charge is 2.58. The highest BCUT2D eigenvalue weighted by atomic mass is 16.5. The molecule has 0 aliphatic heterocycles. The standard InChI is InChI=1S/C15H15N3O2/c16-15(14(19)20-13-10-17-6-7-18-13)9-12(15)8-11-4-2-1-3-5-11/h1-7,10,12H,8-9,16H2. The quantitative estimate of drug-likeness (QED) is 0.847. The second kappa shape index (κ2) is 5.02. The molecule has 2 atom stereocenters. The largest absolute Gasteiger partial charge is 0.404 e. The summed E-state index contributed by atoms with van der Waals surface area (Å²) in [5.74, 6) is -0.124. The van der Waals surface area contributed by atoms with Crippen LogP contribution in [0.4, 0.5) is 0 Å². The second-order valence-corrected chi connectivity index (χ2v) is 5.06. The lowest BCUT2D eigenvalue weighted by molar-refractivity contribution is -0.137. The number of nitrogens with two attached hydrogens (primary N) is 1. The van der Waals surface area contributed by atoms with Crippen LogP contribution in [0.2, 0.25) is 0 Å². The topological polar surface area (TPSA) is 78.1 Å². The molecule has 1 aromatic carbocycles. The van der Waals surface area contributed by atoms with Crippen molar-refractivity contribution >= 4 is 5.97 Å². The van der Waals surface area contributed by atoms with Crippen molar-refractivity contribution in [3.05, 3.63) is 54.5 Å². The van der Waals surface area contributed by atoms with E-state index in [2.05, 4.69) is 9.97 Å². The van der Waals surface area contributed by atoms with Crippen molar-refractivity contribution in [3.8, 4) is 5.88 Å². The zero-order valence-corrected chi connectivity index (χ0v) is 10.9. The average Bonchev–Trinajstić information content (AvgIpc) is 3.13. The Balaban J connectivity index is 1.62. The van der Waals surface area contributed by atoms with Gasteiger partial charge in [0.15, 0.2) is 0 Å². The van der Waals surface area contributed by atoms with Gasteiger partial charge in [-0.15, -0.1) is 0 Å². The van der Waals surface area contributed by atoms with E-state index in [1.165, 1.54) is 24.2 Å². The van der Waals surface area contributed by atoms with E-state index in [0.717, 1.165) is 6.42 Å². The molecule has 102 valence electrons. The first kappa shape index (κ1) is 12.7. The van der Waals surface area contributed by atoms with Gasteiger partial charge < -0.3 is 10.5 Å². The van der Waals surface area contributed by atoms with E-state index in [-0.39, 0.29) is 11.8 Å². The van der Waals surface area contributed by atoms with Crippen LogP contribution in [0.25, 0.3) is 0 Å². The van der Waals surface area contributed by atoms with E-state index in [4.69, 9.17) is 10.5 Å². The van der Waals surface area contributed by atoms with Crippen LogP contribution >= 0.6 is 0 Å². The number of hydrogen-bond acceptors (Lipinski definition) is 5. The van der Waals surface area contributed by atoms with Crippen molar-refractivity contribution in [1.29, 1.82) is 0 Å². The molecule has 1 fully saturated rings. The average molecular weight is 269 g/mol. The number of benzene rings is 1. The summed E-state index contributed by atoms with van der Waals surface area (Å²) in [6.45, 7) is 0. The Labute approximate surface area is 116 Å². The Morgan fingerprint density at radius 2 is 2.15 bits per heavy atom. The number of esters is 1. The molecule has 5 nitrogen and oxygen atoms in total. The van der Waals surface area contributed by atoms with Crippen LogP contribution in [0.5, 0.6) is 5.88 Å². The van der Waals surface area contributed by atoms with Crippen LogP contribution in [0.1, 0.15) is 12.0 Å². The minimum absolute atomic E-state index is 0.120. The number of hydrogen-bond donors (Lipinski definition) is 1. The lowest BCUT2D eigenvalue weighted by Gasteiger charge is -2.10. The molecule has 1 heterocycles. The van der Waals surface area contributed by atoms with Crippen molar-refractivity contribution in [2.75, 3.05) is 0 Å². The lowest BCUT2D eigenvalue weighted by atomic mass is 10.1. The van der Waals surface area contributed by atoms with Crippen molar-refractivity contribution in [3.63, 3.8) is 0 Å². The van der Waals surface area contributed by atoms with E-state index in [1.54, 1.807) is 0 Å². The summed E-state index contributed by atoms with van der Waals surface area (Å²) in [6, 6.07) is 10.00. The Kier molecular flexibility index (Phi) is 3.20. The molecule has 0 bridgehead atoms. The van der Waals surface area contributed by atoms with Crippen LogP contribution in [-0.4, -0.2) is 21.5 Å². The maximum absolute atomic E-state index is 12.1. The van der Waals surface area contributed by atoms with E-state index in [1.807, 2.05) is 30.3 Å². The molecule has 0 spiro atoms. The van der Waals surface area contributed by atoms with E-state index in [0.29, 0.717) is 6.42 Å². The summed E-state index contributed by atoms with van der Waals surface area (Å²) >= 11 is 0. The molecule has 20 heavy (non-hydrogen) atoms. The minimum Gasteiger partial charge on any atom is -0.404 e. The van der Waals surface area contributed by atoms with Gasteiger partial charge in [-0.3, -0.25) is 4.98 Å². The molecule has 1 aromatic heterocycles. The molecule has 1 saturated carbocycles. The summed E-state index contributed by atoms with van der Waals surface area (Å²) < 4.78 is 5.17. The second-order valence-electron chi connectivity index (χ2n) is 5.06. The van der Waals surface area contributed by atoms with Crippen molar-refractivity contribution in [2.24, 2.45) is 11.7 Å². The zero-order valence-electron chi connectivity index (χ0n) is 10.9. The summed E-state index contributed by atoms with van der Waals surface area (Å²) in [4.78, 5) is 19.8. The summed E-state index contributed by atoms with van der Waals surface area (Å²) in [7, 11) is 0. The van der Waals surface area contributed by atoms with Crippen molar-refractivity contribution in [1.82, 2.24) is 9.97 Å². The molecule has 0 radical (unpaired) electrons. The van der Waals surface area contributed by atoms with Gasteiger partial charge in [-0.1, -0.05) is 30.3 Å². The zero-order chi connectivity index (χ0) is 14.0. The monoisotopic (exact) mass is 269 g/mol. The fraction of sp³-hybridized carbons (Fsp3) is 0.267. The van der Waals surface area contributed by atoms with Gasteiger partial charge >= 0.3 is 5.97 Å². The van der Waals surface area contributed by atoms with E-state index in [9.17, 15) is 4.79 Å². The van der Waals surface area contributed by atoms with E-state index >= 15 is 0 Å². The Hall–Kier alpha value is -2.27. The van der Waals surface area contributed by atoms with Crippen molar-refractivity contribution in [2.45, 2.75) is 18.4 Å². The molecule has 2 unspecified atom stereocenters. The van der Waals surface area contributed by atoms with Gasteiger partial charge in [-0.2, -0.15) is 0 Å². The van der Waals surface area contributed by atoms with Gasteiger partial charge in [0.1, 0.15) is 5.54 Å². The number of nitrogens with zero attached hydrogens (tertiary/aromatic N) is 2. The summed E-state index contributed by atoms with van der Waals surface area (Å²) in [5, 5.41) is 0. The third kappa shape index (κ3) is 2.53. The first-order valence-corrected chi connectivity index (χ1v) is 6.49. The van der Waals surface area contributed by atoms with Crippen LogP contribution in [-0.2, 0) is 11.2 Å². The third-order valence-corrected chi connectivity index (χ3v) is 3.59. The molecule has 3 rings (SSSR count). The highest BCUT2D eigenvalue weighted by molar-refractivity contribution is 5.86. The molecule has 1 aliphatic carbocycles. The summed E-state index contributed by atoms with van der Waals surface area (Å²) in [5.41, 5.74) is 6.39. The fourth-order valence-corrected chi connectivity index (χ4v) is 2.28. The lowest BCUT2D eigenvalue weighted by Crippen LogP contribution is -2.39. The van der Waals surface area contributed by atoms with Gasteiger partial charge in [-0.25, -0.2) is 9.78 Å². The fourth-order valence-electron chi connectivity index (χ4n) is 2.28. The van der Waals surface area contributed by atoms with Crippen LogP contribution in [0.15, 0.2) is 48.9 Å². The van der Waals surface area contributed by atoms with Gasteiger partial charge in [-0.05, 0) is 24.3 Å². The summed E-state index contributed by atoms with van der Waals surface area (Å²) in [6.07, 6.45) is 5.81. The van der Waals surface area contributed by atoms with Crippen LogP contribution in [0, 0.1) is 5.92 Å². The Morgan fingerprint density at radius 1 is 1.35 bits per heavy atom. The minimum atomic E-state index is -0.895. The van der Waals surface area contributed by atoms with E-state index < -0.39 is 11.5 Å². The number of carbonyl (C=O) groups excluding carboxylic acids is 1. The molecule has 0 saturated heterocycles. The number of carbonyl (C=O) groups is 1. The maximum Gasteiger partial charge on any atom is 0.333 e. The molecule has 0 amide bonds. The molecule has 2 aromatic rings. The molecular weight excluding hydrogens is 254 g/mol. The molecule has 5 heteroatoms. The van der Waals surface area contributed by atoms with Gasteiger partial charge in [0.05, 0.1) is 6.20 Å². The predicted octanol–water partition coefficient (Wildman–Crippen LogP) is 1.34. The third-order valence-electron chi connectivity index (χ3n) is 3.59. The normalized spacial score (nSPS) is 24.1. The number of ether oxygens (including phenoxy) is 1. The maximum atomic E-state index is 12.1. The molecule has 2 N–H and O–H groups in total. The van der Waals surface area contributed by atoms with Crippen LogP contribution in [0.3, 0.4) is 0 Å². The first-order valence-electron chi connectivity index (χ1n) is 6.49. The SMILES string of the molecule is NC1(C(=O)Oc2cnccn2)CC1Cc1ccccc1. The molecular formula is C15H15N3O2. The highest BCUT2D eigenvalue weighted by Crippen LogP contribution is 2.44.